The molecule has 7 nitrogen and oxygen atoms in total. The van der Waals surface area contributed by atoms with Crippen LogP contribution in [0.3, 0.4) is 0 Å². The fourth-order valence-corrected chi connectivity index (χ4v) is 2.43. The van der Waals surface area contributed by atoms with Gasteiger partial charge in [0.25, 0.3) is 5.91 Å². The number of carbonyl (C=O) groups is 1. The third-order valence-electron chi connectivity index (χ3n) is 3.76. The standard InChI is InChI=1S/C17H20N4O3/c1-23-13-6-4-12(5-7-13)21-16-11-18-15(10-19-16)17(22)20-9-14-3-2-8-24-14/h4-7,10-11,14H,2-3,8-9H2,1H3,(H,19,21)(H,20,22). The second kappa shape index (κ2) is 7.74. The number of hydrogen-bond donors (Lipinski definition) is 2. The molecule has 0 aliphatic carbocycles. The quantitative estimate of drug-likeness (QED) is 0.845. The van der Waals surface area contributed by atoms with E-state index in [0.717, 1.165) is 30.9 Å². The Bertz CT molecular complexity index is 667. The number of carbonyl (C=O) groups excluding carboxylic acids is 1. The van der Waals surface area contributed by atoms with Crippen molar-refractivity contribution in [2.75, 3.05) is 25.6 Å². The fourth-order valence-electron chi connectivity index (χ4n) is 2.43. The van der Waals surface area contributed by atoms with Crippen molar-refractivity contribution in [1.82, 2.24) is 15.3 Å². The largest absolute Gasteiger partial charge is 0.497 e. The van der Waals surface area contributed by atoms with E-state index in [-0.39, 0.29) is 17.7 Å². The van der Waals surface area contributed by atoms with E-state index in [1.165, 1.54) is 12.4 Å². The summed E-state index contributed by atoms with van der Waals surface area (Å²) in [6.45, 7) is 1.28. The molecular weight excluding hydrogens is 308 g/mol. The van der Waals surface area contributed by atoms with E-state index >= 15 is 0 Å². The van der Waals surface area contributed by atoms with Crippen LogP contribution in [0.5, 0.6) is 5.75 Å². The van der Waals surface area contributed by atoms with Crippen LogP contribution in [0, 0.1) is 0 Å². The monoisotopic (exact) mass is 328 g/mol. The lowest BCUT2D eigenvalue weighted by Crippen LogP contribution is -2.32. The van der Waals surface area contributed by atoms with Crippen LogP contribution in [0.25, 0.3) is 0 Å². The van der Waals surface area contributed by atoms with E-state index in [1.807, 2.05) is 24.3 Å². The molecule has 3 rings (SSSR count). The van der Waals surface area contributed by atoms with E-state index < -0.39 is 0 Å². The van der Waals surface area contributed by atoms with E-state index in [4.69, 9.17) is 9.47 Å². The molecule has 0 radical (unpaired) electrons. The summed E-state index contributed by atoms with van der Waals surface area (Å²) in [5.41, 5.74) is 1.15. The van der Waals surface area contributed by atoms with Crippen molar-refractivity contribution in [1.29, 1.82) is 0 Å². The summed E-state index contributed by atoms with van der Waals surface area (Å²) in [5.74, 6) is 1.11. The maximum Gasteiger partial charge on any atom is 0.271 e. The van der Waals surface area contributed by atoms with Crippen molar-refractivity contribution in [2.24, 2.45) is 0 Å². The molecule has 1 aliphatic rings. The number of ether oxygens (including phenoxy) is 2. The summed E-state index contributed by atoms with van der Waals surface area (Å²) in [6.07, 6.45) is 5.13. The molecule has 1 aliphatic heterocycles. The highest BCUT2D eigenvalue weighted by Gasteiger charge is 2.17. The van der Waals surface area contributed by atoms with Gasteiger partial charge in [0.05, 0.1) is 25.6 Å². The number of rotatable bonds is 6. The molecule has 2 aromatic rings. The van der Waals surface area contributed by atoms with E-state index in [0.29, 0.717) is 12.4 Å². The zero-order chi connectivity index (χ0) is 16.8. The van der Waals surface area contributed by atoms with Crippen molar-refractivity contribution < 1.29 is 14.3 Å². The summed E-state index contributed by atoms with van der Waals surface area (Å²) >= 11 is 0. The van der Waals surface area contributed by atoms with Crippen LogP contribution < -0.4 is 15.4 Å². The molecule has 7 heteroatoms. The highest BCUT2D eigenvalue weighted by molar-refractivity contribution is 5.92. The molecule has 1 aromatic carbocycles. The maximum atomic E-state index is 12.0. The number of anilines is 2. The first-order valence-corrected chi connectivity index (χ1v) is 7.87. The Labute approximate surface area is 140 Å². The molecule has 1 atom stereocenters. The number of benzene rings is 1. The van der Waals surface area contributed by atoms with Gasteiger partial charge in [-0.15, -0.1) is 0 Å². The highest BCUT2D eigenvalue weighted by atomic mass is 16.5. The SMILES string of the molecule is COc1ccc(Nc2cnc(C(=O)NCC3CCCO3)cn2)cc1. The molecular formula is C17H20N4O3. The van der Waals surface area contributed by atoms with Gasteiger partial charge in [-0.25, -0.2) is 9.97 Å². The van der Waals surface area contributed by atoms with Crippen LogP contribution in [0.4, 0.5) is 11.5 Å². The van der Waals surface area contributed by atoms with Gasteiger partial charge in [0, 0.05) is 18.8 Å². The normalized spacial score (nSPS) is 16.6. The number of amides is 1. The molecule has 1 aromatic heterocycles. The van der Waals surface area contributed by atoms with E-state index in [2.05, 4.69) is 20.6 Å². The minimum atomic E-state index is -0.242. The van der Waals surface area contributed by atoms with Crippen LogP contribution in [-0.4, -0.2) is 42.2 Å². The first kappa shape index (κ1) is 16.2. The summed E-state index contributed by atoms with van der Waals surface area (Å²) in [7, 11) is 1.62. The number of hydrogen-bond acceptors (Lipinski definition) is 6. The van der Waals surface area contributed by atoms with Gasteiger partial charge in [-0.3, -0.25) is 4.79 Å². The first-order valence-electron chi connectivity index (χ1n) is 7.87. The second-order valence-corrected chi connectivity index (χ2v) is 5.49. The molecule has 1 saturated heterocycles. The first-order chi connectivity index (χ1) is 11.7. The maximum absolute atomic E-state index is 12.0. The Morgan fingerprint density at radius 1 is 1.29 bits per heavy atom. The van der Waals surface area contributed by atoms with Gasteiger partial charge in [-0.05, 0) is 37.1 Å². The molecule has 0 spiro atoms. The second-order valence-electron chi connectivity index (χ2n) is 5.49. The average Bonchev–Trinajstić information content (AvgIpc) is 3.14. The Morgan fingerprint density at radius 3 is 2.75 bits per heavy atom. The lowest BCUT2D eigenvalue weighted by molar-refractivity contribution is 0.0853. The Kier molecular flexibility index (Phi) is 5.22. The molecule has 2 heterocycles. The highest BCUT2D eigenvalue weighted by Crippen LogP contribution is 2.18. The van der Waals surface area contributed by atoms with Crippen molar-refractivity contribution >= 4 is 17.4 Å². The molecule has 1 fully saturated rings. The summed E-state index contributed by atoms with van der Waals surface area (Å²) in [4.78, 5) is 20.4. The zero-order valence-corrected chi connectivity index (χ0v) is 13.5. The minimum absolute atomic E-state index is 0.109. The predicted octanol–water partition coefficient (Wildman–Crippen LogP) is 2.14. The van der Waals surface area contributed by atoms with Crippen molar-refractivity contribution in [3.8, 4) is 5.75 Å². The predicted molar refractivity (Wildman–Crippen MR) is 89.6 cm³/mol. The van der Waals surface area contributed by atoms with Crippen LogP contribution in [0.15, 0.2) is 36.7 Å². The lowest BCUT2D eigenvalue weighted by Gasteiger charge is -2.10. The molecule has 1 unspecified atom stereocenters. The Morgan fingerprint density at radius 2 is 2.12 bits per heavy atom. The van der Waals surface area contributed by atoms with E-state index in [9.17, 15) is 4.79 Å². The number of methoxy groups -OCH3 is 1. The van der Waals surface area contributed by atoms with Gasteiger partial charge >= 0.3 is 0 Å². The number of aromatic nitrogens is 2. The molecule has 0 saturated carbocycles. The summed E-state index contributed by atoms with van der Waals surface area (Å²) in [5, 5.41) is 5.94. The smallest absolute Gasteiger partial charge is 0.271 e. The third kappa shape index (κ3) is 4.20. The van der Waals surface area contributed by atoms with Crippen LogP contribution in [0.2, 0.25) is 0 Å². The third-order valence-corrected chi connectivity index (χ3v) is 3.76. The Balaban J connectivity index is 1.54. The van der Waals surface area contributed by atoms with Crippen LogP contribution in [0.1, 0.15) is 23.3 Å². The number of nitrogens with zero attached hydrogens (tertiary/aromatic N) is 2. The molecule has 2 N–H and O–H groups in total. The Hall–Kier alpha value is -2.67. The fraction of sp³-hybridized carbons (Fsp3) is 0.353. The zero-order valence-electron chi connectivity index (χ0n) is 13.5. The van der Waals surface area contributed by atoms with Gasteiger partial charge in [-0.1, -0.05) is 0 Å². The van der Waals surface area contributed by atoms with Gasteiger partial charge in [-0.2, -0.15) is 0 Å². The lowest BCUT2D eigenvalue weighted by atomic mass is 10.2. The average molecular weight is 328 g/mol. The van der Waals surface area contributed by atoms with Crippen molar-refractivity contribution in [3.05, 3.63) is 42.4 Å². The number of nitrogens with one attached hydrogen (secondary N) is 2. The van der Waals surface area contributed by atoms with Gasteiger partial charge in [0.2, 0.25) is 0 Å². The topological polar surface area (TPSA) is 85.4 Å². The van der Waals surface area contributed by atoms with Crippen molar-refractivity contribution in [2.45, 2.75) is 18.9 Å². The minimum Gasteiger partial charge on any atom is -0.497 e. The van der Waals surface area contributed by atoms with E-state index in [1.54, 1.807) is 7.11 Å². The molecule has 24 heavy (non-hydrogen) atoms. The van der Waals surface area contributed by atoms with Gasteiger partial charge < -0.3 is 20.1 Å². The van der Waals surface area contributed by atoms with Crippen LogP contribution in [-0.2, 0) is 4.74 Å². The molecule has 1 amide bonds. The summed E-state index contributed by atoms with van der Waals surface area (Å²) < 4.78 is 10.6. The molecule has 0 bridgehead atoms. The van der Waals surface area contributed by atoms with Crippen molar-refractivity contribution in [3.63, 3.8) is 0 Å². The van der Waals surface area contributed by atoms with Gasteiger partial charge in [0.15, 0.2) is 0 Å². The summed E-state index contributed by atoms with van der Waals surface area (Å²) in [6, 6.07) is 7.46. The van der Waals surface area contributed by atoms with Gasteiger partial charge in [0.1, 0.15) is 17.3 Å². The van der Waals surface area contributed by atoms with Crippen LogP contribution >= 0.6 is 0 Å². The molecule has 126 valence electrons.